The average Bonchev–Trinajstić information content (AvgIpc) is 2.65. The first kappa shape index (κ1) is 9.97. The van der Waals surface area contributed by atoms with Gasteiger partial charge in [-0.3, -0.25) is 0 Å². The summed E-state index contributed by atoms with van der Waals surface area (Å²) in [6, 6.07) is 2.97. The Morgan fingerprint density at radius 2 is 2.20 bits per heavy atom. The van der Waals surface area contributed by atoms with E-state index in [9.17, 15) is 8.78 Å². The van der Waals surface area contributed by atoms with Gasteiger partial charge >= 0.3 is 6.08 Å². The van der Waals surface area contributed by atoms with Crippen LogP contribution in [0.15, 0.2) is 22.9 Å². The molecule has 0 aliphatic rings. The molecule has 0 aliphatic carbocycles. The minimum absolute atomic E-state index is 0.145. The fourth-order valence-electron chi connectivity index (χ4n) is 1.07. The molecule has 2 aromatic heterocycles. The molecule has 0 unspecified atom stereocenters. The summed E-state index contributed by atoms with van der Waals surface area (Å²) in [7, 11) is 0. The maximum Gasteiger partial charge on any atom is 0.313 e. The summed E-state index contributed by atoms with van der Waals surface area (Å²) >= 11 is 1.56. The van der Waals surface area contributed by atoms with Crippen LogP contribution >= 0.6 is 11.3 Å². The highest BCUT2D eigenvalue weighted by Crippen LogP contribution is 2.10. The van der Waals surface area contributed by atoms with Gasteiger partial charge in [-0.05, 0) is 22.4 Å². The number of hydrogen-bond donors (Lipinski definition) is 1. The number of aromatic nitrogens is 2. The van der Waals surface area contributed by atoms with Gasteiger partial charge in [-0.2, -0.15) is 30.1 Å². The van der Waals surface area contributed by atoms with Crippen LogP contribution in [0, 0.1) is 12.0 Å². The van der Waals surface area contributed by atoms with Gasteiger partial charge in [0.15, 0.2) is 0 Å². The molecular weight excluding hydrogens is 220 g/mol. The first-order chi connectivity index (χ1) is 7.24. The smallest absolute Gasteiger partial charge is 0.313 e. The molecule has 2 aromatic rings. The van der Waals surface area contributed by atoms with E-state index in [0.29, 0.717) is 6.54 Å². The van der Waals surface area contributed by atoms with Crippen LogP contribution in [0.5, 0.6) is 0 Å². The van der Waals surface area contributed by atoms with Crippen molar-refractivity contribution < 1.29 is 8.78 Å². The predicted molar refractivity (Wildman–Crippen MR) is 53.6 cm³/mol. The number of nitrogens with one attached hydrogen (secondary N) is 1. The molecule has 0 bridgehead atoms. The van der Waals surface area contributed by atoms with Crippen molar-refractivity contribution in [1.29, 1.82) is 0 Å². The predicted octanol–water partition coefficient (Wildman–Crippen LogP) is 2.43. The normalized spacial score (nSPS) is 10.3. The number of nitrogens with zero attached hydrogens (tertiary/aromatic N) is 2. The van der Waals surface area contributed by atoms with Crippen molar-refractivity contribution in [3.05, 3.63) is 40.5 Å². The van der Waals surface area contributed by atoms with E-state index >= 15 is 0 Å². The lowest BCUT2D eigenvalue weighted by atomic mass is 10.3. The fourth-order valence-corrected chi connectivity index (χ4v) is 1.73. The number of anilines is 1. The summed E-state index contributed by atoms with van der Waals surface area (Å²) < 4.78 is 25.3. The van der Waals surface area contributed by atoms with E-state index in [1.54, 1.807) is 11.3 Å². The zero-order chi connectivity index (χ0) is 10.7. The molecule has 0 saturated carbocycles. The maximum absolute atomic E-state index is 12.7. The van der Waals surface area contributed by atoms with E-state index in [4.69, 9.17) is 0 Å². The first-order valence-corrected chi connectivity index (χ1v) is 5.13. The molecule has 15 heavy (non-hydrogen) atoms. The van der Waals surface area contributed by atoms with Crippen LogP contribution in [-0.2, 0) is 6.54 Å². The molecule has 0 amide bonds. The lowest BCUT2D eigenvalue weighted by Gasteiger charge is -2.03. The zero-order valence-electron chi connectivity index (χ0n) is 7.58. The third kappa shape index (κ3) is 2.69. The molecule has 6 heteroatoms. The quantitative estimate of drug-likeness (QED) is 0.646. The van der Waals surface area contributed by atoms with Crippen molar-refractivity contribution in [1.82, 2.24) is 9.97 Å². The van der Waals surface area contributed by atoms with Gasteiger partial charge in [0.1, 0.15) is 5.82 Å². The first-order valence-electron chi connectivity index (χ1n) is 4.19. The number of rotatable bonds is 3. The van der Waals surface area contributed by atoms with Crippen molar-refractivity contribution in [3.8, 4) is 0 Å². The van der Waals surface area contributed by atoms with Gasteiger partial charge < -0.3 is 5.32 Å². The summed E-state index contributed by atoms with van der Waals surface area (Å²) in [4.78, 5) is 6.30. The second kappa shape index (κ2) is 4.31. The molecule has 0 saturated heterocycles. The molecular formula is C9H7F2N3S. The molecule has 2 heterocycles. The van der Waals surface area contributed by atoms with Crippen LogP contribution in [0.2, 0.25) is 0 Å². The van der Waals surface area contributed by atoms with E-state index in [1.807, 2.05) is 16.8 Å². The van der Waals surface area contributed by atoms with Crippen LogP contribution in [0.1, 0.15) is 5.56 Å². The van der Waals surface area contributed by atoms with Gasteiger partial charge in [0, 0.05) is 12.6 Å². The van der Waals surface area contributed by atoms with E-state index in [1.165, 1.54) is 0 Å². The molecule has 1 N–H and O–H groups in total. The van der Waals surface area contributed by atoms with Gasteiger partial charge in [-0.15, -0.1) is 0 Å². The lowest BCUT2D eigenvalue weighted by molar-refractivity contribution is 0.484. The summed E-state index contributed by atoms with van der Waals surface area (Å²) in [5.41, 5.74) is 1.04. The van der Waals surface area contributed by atoms with E-state index < -0.39 is 12.0 Å². The van der Waals surface area contributed by atoms with Crippen molar-refractivity contribution in [2.45, 2.75) is 6.54 Å². The molecule has 78 valence electrons. The Morgan fingerprint density at radius 3 is 2.87 bits per heavy atom. The Labute approximate surface area is 88.8 Å². The highest BCUT2D eigenvalue weighted by atomic mass is 32.1. The third-order valence-electron chi connectivity index (χ3n) is 1.72. The standard InChI is InChI=1S/C9H7F2N3S/c10-7-3-8(14-9(11)13-7)12-4-6-1-2-15-5-6/h1-3,5H,4H2,(H,12,13,14). The Morgan fingerprint density at radius 1 is 1.33 bits per heavy atom. The summed E-state index contributed by atoms with van der Waals surface area (Å²) in [6.45, 7) is 0.486. The molecule has 0 atom stereocenters. The van der Waals surface area contributed by atoms with Crippen molar-refractivity contribution in [2.24, 2.45) is 0 Å². The average molecular weight is 227 g/mol. The summed E-state index contributed by atoms with van der Waals surface area (Å²) in [6.07, 6.45) is -1.07. The molecule has 0 fully saturated rings. The fraction of sp³-hybridized carbons (Fsp3) is 0.111. The summed E-state index contributed by atoms with van der Waals surface area (Å²) in [5, 5.41) is 6.68. The van der Waals surface area contributed by atoms with Gasteiger partial charge in [0.2, 0.25) is 5.95 Å². The highest BCUT2D eigenvalue weighted by molar-refractivity contribution is 7.07. The van der Waals surface area contributed by atoms with Gasteiger partial charge in [-0.25, -0.2) is 0 Å². The number of hydrogen-bond acceptors (Lipinski definition) is 4. The second-order valence-electron chi connectivity index (χ2n) is 2.83. The van der Waals surface area contributed by atoms with Crippen molar-refractivity contribution in [3.63, 3.8) is 0 Å². The van der Waals surface area contributed by atoms with Crippen molar-refractivity contribution >= 4 is 17.2 Å². The Kier molecular flexibility index (Phi) is 2.86. The highest BCUT2D eigenvalue weighted by Gasteiger charge is 2.02. The maximum atomic E-state index is 12.7. The van der Waals surface area contributed by atoms with Crippen LogP contribution in [0.3, 0.4) is 0 Å². The second-order valence-corrected chi connectivity index (χ2v) is 3.61. The monoisotopic (exact) mass is 227 g/mol. The summed E-state index contributed by atoms with van der Waals surface area (Å²) in [5.74, 6) is -0.735. The minimum atomic E-state index is -1.07. The van der Waals surface area contributed by atoms with E-state index in [-0.39, 0.29) is 5.82 Å². The molecule has 0 spiro atoms. The van der Waals surface area contributed by atoms with Gasteiger partial charge in [-0.1, -0.05) is 0 Å². The topological polar surface area (TPSA) is 37.8 Å². The SMILES string of the molecule is Fc1cc(NCc2ccsc2)nc(F)n1. The number of halogens is 2. The Balaban J connectivity index is 2.05. The largest absolute Gasteiger partial charge is 0.366 e. The van der Waals surface area contributed by atoms with Gasteiger partial charge in [0.05, 0.1) is 0 Å². The molecule has 0 radical (unpaired) electrons. The third-order valence-corrected chi connectivity index (χ3v) is 2.45. The van der Waals surface area contributed by atoms with E-state index in [0.717, 1.165) is 11.6 Å². The zero-order valence-corrected chi connectivity index (χ0v) is 8.39. The Hall–Kier alpha value is -1.56. The minimum Gasteiger partial charge on any atom is -0.366 e. The molecule has 3 nitrogen and oxygen atoms in total. The van der Waals surface area contributed by atoms with Crippen LogP contribution in [0.4, 0.5) is 14.6 Å². The lowest BCUT2D eigenvalue weighted by Crippen LogP contribution is -2.03. The number of thiophene rings is 1. The molecule has 2 rings (SSSR count). The molecule has 0 aliphatic heterocycles. The van der Waals surface area contributed by atoms with Crippen LogP contribution < -0.4 is 5.32 Å². The van der Waals surface area contributed by atoms with E-state index in [2.05, 4.69) is 15.3 Å². The molecule has 0 aromatic carbocycles. The van der Waals surface area contributed by atoms with Crippen molar-refractivity contribution in [2.75, 3.05) is 5.32 Å². The van der Waals surface area contributed by atoms with Gasteiger partial charge in [0.25, 0.3) is 0 Å². The van der Waals surface area contributed by atoms with Crippen LogP contribution in [0.25, 0.3) is 0 Å². The van der Waals surface area contributed by atoms with Crippen LogP contribution in [-0.4, -0.2) is 9.97 Å². The Bertz CT molecular complexity index is 424.